The lowest BCUT2D eigenvalue weighted by Crippen LogP contribution is -2.41. The Hall–Kier alpha value is -4.65. The predicted octanol–water partition coefficient (Wildman–Crippen LogP) is 3.82. The van der Waals surface area contributed by atoms with Gasteiger partial charge in [-0.25, -0.2) is 22.9 Å². The molecule has 5 rings (SSSR count). The standard InChI is InChI=1S/C27H24F3N5O5/c28-15-1-3-16(4-2-15)35(25(38)27(7-8-27)24(31)37)21-12-20(30)22(13-19(21)29)40-18-5-9-32-23(11-18)33-26(39)34-10-6-17(36)14-34/h1-5,9,11-13,17,36H,6-8,10,14H2,(H2,31,37)(H,32,33,39)/t17-/m1/s1. The summed E-state index contributed by atoms with van der Waals surface area (Å²) >= 11 is 0. The molecule has 4 N–H and O–H groups in total. The van der Waals surface area contributed by atoms with Crippen molar-refractivity contribution in [3.8, 4) is 11.5 Å². The molecule has 40 heavy (non-hydrogen) atoms. The highest BCUT2D eigenvalue weighted by molar-refractivity contribution is 6.16. The molecule has 4 amide bonds. The molecular formula is C27H24F3N5O5. The van der Waals surface area contributed by atoms with Crippen molar-refractivity contribution in [2.45, 2.75) is 25.4 Å². The number of likely N-dealkylation sites (tertiary alicyclic amines) is 1. The van der Waals surface area contributed by atoms with Gasteiger partial charge in [0.2, 0.25) is 11.8 Å². The summed E-state index contributed by atoms with van der Waals surface area (Å²) < 4.78 is 49.8. The maximum atomic E-state index is 15.4. The summed E-state index contributed by atoms with van der Waals surface area (Å²) in [5, 5.41) is 12.2. The Balaban J connectivity index is 1.41. The van der Waals surface area contributed by atoms with E-state index in [4.69, 9.17) is 10.5 Å². The molecule has 2 aliphatic rings. The second-order valence-corrected chi connectivity index (χ2v) is 9.59. The van der Waals surface area contributed by atoms with E-state index in [9.17, 15) is 23.9 Å². The van der Waals surface area contributed by atoms with Crippen LogP contribution in [0.1, 0.15) is 19.3 Å². The van der Waals surface area contributed by atoms with Crippen molar-refractivity contribution < 1.29 is 37.4 Å². The zero-order valence-corrected chi connectivity index (χ0v) is 20.9. The van der Waals surface area contributed by atoms with E-state index in [1.54, 1.807) is 0 Å². The number of aliphatic hydroxyl groups excluding tert-OH is 1. The zero-order chi connectivity index (χ0) is 28.6. The van der Waals surface area contributed by atoms with Gasteiger partial charge in [0.05, 0.1) is 11.8 Å². The molecule has 2 heterocycles. The molecule has 3 aromatic rings. The van der Waals surface area contributed by atoms with E-state index in [-0.39, 0.29) is 36.6 Å². The number of ether oxygens (including phenoxy) is 1. The average molecular weight is 556 g/mol. The van der Waals surface area contributed by atoms with Crippen LogP contribution in [0.3, 0.4) is 0 Å². The third kappa shape index (κ3) is 5.27. The number of aliphatic hydroxyl groups is 1. The van der Waals surface area contributed by atoms with Gasteiger partial charge in [-0.15, -0.1) is 0 Å². The number of halogens is 3. The normalized spacial score (nSPS) is 17.3. The predicted molar refractivity (Wildman–Crippen MR) is 136 cm³/mol. The number of anilines is 3. The molecule has 1 aliphatic heterocycles. The van der Waals surface area contributed by atoms with E-state index in [2.05, 4.69) is 10.3 Å². The molecule has 2 fully saturated rings. The van der Waals surface area contributed by atoms with Gasteiger partial charge in [0.1, 0.15) is 22.8 Å². The van der Waals surface area contributed by atoms with Crippen molar-refractivity contribution in [1.29, 1.82) is 0 Å². The third-order valence-corrected chi connectivity index (χ3v) is 6.81. The van der Waals surface area contributed by atoms with Gasteiger partial charge < -0.3 is 20.5 Å². The van der Waals surface area contributed by atoms with Crippen LogP contribution in [-0.2, 0) is 9.59 Å². The van der Waals surface area contributed by atoms with Crippen LogP contribution >= 0.6 is 0 Å². The average Bonchev–Trinajstić information content (AvgIpc) is 3.62. The van der Waals surface area contributed by atoms with Gasteiger partial charge in [0.15, 0.2) is 17.4 Å². The van der Waals surface area contributed by atoms with E-state index >= 15 is 8.78 Å². The molecule has 2 aromatic carbocycles. The molecule has 0 radical (unpaired) electrons. The quantitative estimate of drug-likeness (QED) is 0.379. The number of primary amides is 1. The number of carbonyl (C=O) groups is 3. The van der Waals surface area contributed by atoms with Gasteiger partial charge in [-0.1, -0.05) is 0 Å². The Bertz CT molecular complexity index is 1480. The molecule has 1 aliphatic carbocycles. The third-order valence-electron chi connectivity index (χ3n) is 6.81. The number of amides is 4. The number of carbonyl (C=O) groups excluding carboxylic acids is 3. The minimum atomic E-state index is -1.57. The number of nitrogens with one attached hydrogen (secondary N) is 1. The summed E-state index contributed by atoms with van der Waals surface area (Å²) in [7, 11) is 0. The van der Waals surface area contributed by atoms with Crippen molar-refractivity contribution in [3.63, 3.8) is 0 Å². The van der Waals surface area contributed by atoms with Gasteiger partial charge in [-0.2, -0.15) is 0 Å². The van der Waals surface area contributed by atoms with Crippen LogP contribution in [0.5, 0.6) is 11.5 Å². The van der Waals surface area contributed by atoms with Crippen molar-refractivity contribution in [3.05, 3.63) is 72.2 Å². The summed E-state index contributed by atoms with van der Waals surface area (Å²) in [6.07, 6.45) is 1.43. The van der Waals surface area contributed by atoms with Crippen molar-refractivity contribution in [2.75, 3.05) is 23.3 Å². The van der Waals surface area contributed by atoms with Gasteiger partial charge in [0.25, 0.3) is 0 Å². The molecule has 0 unspecified atom stereocenters. The SMILES string of the molecule is NC(=O)C1(C(=O)N(c2ccc(F)cc2)c2cc(F)c(Oc3ccnc(NC(=O)N4CC[C@@H](O)C4)c3)cc2F)CC1. The van der Waals surface area contributed by atoms with Crippen LogP contribution in [0, 0.1) is 22.9 Å². The Kier molecular flexibility index (Phi) is 7.06. The Labute approximate surface area is 226 Å². The van der Waals surface area contributed by atoms with Gasteiger partial charge in [-0.3, -0.25) is 19.8 Å². The summed E-state index contributed by atoms with van der Waals surface area (Å²) in [6, 6.07) is 8.09. The minimum absolute atomic E-state index is 0.00549. The van der Waals surface area contributed by atoms with E-state index in [0.29, 0.717) is 13.0 Å². The number of benzene rings is 2. The van der Waals surface area contributed by atoms with Crippen LogP contribution in [0.25, 0.3) is 0 Å². The first kappa shape index (κ1) is 26.9. The van der Waals surface area contributed by atoms with Crippen LogP contribution in [0.2, 0.25) is 0 Å². The first-order valence-electron chi connectivity index (χ1n) is 12.3. The largest absolute Gasteiger partial charge is 0.454 e. The highest BCUT2D eigenvalue weighted by atomic mass is 19.1. The Morgan fingerprint density at radius 1 is 1.07 bits per heavy atom. The fourth-order valence-electron chi connectivity index (χ4n) is 4.41. The van der Waals surface area contributed by atoms with E-state index in [1.165, 1.54) is 35.4 Å². The number of nitrogens with zero attached hydrogens (tertiary/aromatic N) is 3. The lowest BCUT2D eigenvalue weighted by Gasteiger charge is -2.27. The number of nitrogens with two attached hydrogens (primary N) is 1. The second-order valence-electron chi connectivity index (χ2n) is 9.59. The van der Waals surface area contributed by atoms with Crippen molar-refractivity contribution in [2.24, 2.45) is 11.1 Å². The zero-order valence-electron chi connectivity index (χ0n) is 20.9. The molecule has 1 aromatic heterocycles. The second kappa shape index (κ2) is 10.5. The Morgan fingerprint density at radius 2 is 1.80 bits per heavy atom. The number of hydrogen-bond donors (Lipinski definition) is 3. The number of hydrogen-bond acceptors (Lipinski definition) is 6. The maximum Gasteiger partial charge on any atom is 0.323 e. The van der Waals surface area contributed by atoms with Gasteiger partial charge in [-0.05, 0) is 49.6 Å². The van der Waals surface area contributed by atoms with Crippen molar-refractivity contribution >= 4 is 35.0 Å². The first-order chi connectivity index (χ1) is 19.1. The Morgan fingerprint density at radius 3 is 2.42 bits per heavy atom. The molecule has 0 bridgehead atoms. The first-order valence-corrected chi connectivity index (χ1v) is 12.3. The number of rotatable bonds is 7. The fraction of sp³-hybridized carbons (Fsp3) is 0.259. The molecule has 0 spiro atoms. The molecule has 10 nitrogen and oxygen atoms in total. The van der Waals surface area contributed by atoms with Crippen LogP contribution < -0.4 is 20.7 Å². The molecule has 1 saturated heterocycles. The topological polar surface area (TPSA) is 138 Å². The number of urea groups is 1. The summed E-state index contributed by atoms with van der Waals surface area (Å²) in [6.45, 7) is 0.550. The molecule has 1 atom stereocenters. The fourth-order valence-corrected chi connectivity index (χ4v) is 4.41. The monoisotopic (exact) mass is 555 g/mol. The molecule has 13 heteroatoms. The minimum Gasteiger partial charge on any atom is -0.454 e. The summed E-state index contributed by atoms with van der Waals surface area (Å²) in [5.41, 5.74) is 3.34. The van der Waals surface area contributed by atoms with Crippen molar-refractivity contribution in [1.82, 2.24) is 9.88 Å². The smallest absolute Gasteiger partial charge is 0.323 e. The highest BCUT2D eigenvalue weighted by Crippen LogP contribution is 2.49. The number of pyridine rings is 1. The van der Waals surface area contributed by atoms with Gasteiger partial charge >= 0.3 is 6.03 Å². The highest BCUT2D eigenvalue weighted by Gasteiger charge is 2.57. The van der Waals surface area contributed by atoms with Gasteiger partial charge in [0, 0.05) is 43.2 Å². The number of aromatic nitrogens is 1. The molecular weight excluding hydrogens is 531 g/mol. The van der Waals surface area contributed by atoms with Crippen LogP contribution in [0.15, 0.2) is 54.7 Å². The number of β-amino-alcohol motifs (C(OH)–C–C–N with tert-alkyl or cyclic N) is 1. The summed E-state index contributed by atoms with van der Waals surface area (Å²) in [4.78, 5) is 44.0. The van der Waals surface area contributed by atoms with E-state index in [0.717, 1.165) is 29.2 Å². The lowest BCUT2D eigenvalue weighted by molar-refractivity contribution is -0.133. The lowest BCUT2D eigenvalue weighted by atomic mass is 10.0. The van der Waals surface area contributed by atoms with Crippen LogP contribution in [0.4, 0.5) is 35.2 Å². The van der Waals surface area contributed by atoms with E-state index < -0.39 is 58.3 Å². The van der Waals surface area contributed by atoms with Crippen LogP contribution in [-0.4, -0.2) is 52.0 Å². The molecule has 1 saturated carbocycles. The van der Waals surface area contributed by atoms with E-state index in [1.807, 2.05) is 0 Å². The molecule has 208 valence electrons. The summed E-state index contributed by atoms with van der Waals surface area (Å²) in [5.74, 6) is -4.92. The maximum absolute atomic E-state index is 15.4.